The van der Waals surface area contributed by atoms with Gasteiger partial charge in [-0.25, -0.2) is 0 Å². The monoisotopic (exact) mass is 288 g/mol. The third kappa shape index (κ3) is 2.67. The molecule has 2 atom stereocenters. The van der Waals surface area contributed by atoms with Gasteiger partial charge in [-0.15, -0.1) is 0 Å². The lowest BCUT2D eigenvalue weighted by Crippen LogP contribution is -2.36. The number of rotatable bonds is 2. The van der Waals surface area contributed by atoms with Crippen molar-refractivity contribution in [3.05, 3.63) is 24.2 Å². The summed E-state index contributed by atoms with van der Waals surface area (Å²) in [6, 6.07) is 3.25. The van der Waals surface area contributed by atoms with Crippen molar-refractivity contribution in [3.8, 4) is 0 Å². The molecule has 1 aromatic heterocycles. The molecule has 0 aliphatic carbocycles. The van der Waals surface area contributed by atoms with Crippen LogP contribution in [0.3, 0.4) is 0 Å². The fraction of sp³-hybridized carbons (Fsp3) is 0.615. The van der Waals surface area contributed by atoms with Gasteiger partial charge in [0, 0.05) is 26.2 Å². The van der Waals surface area contributed by atoms with Gasteiger partial charge in [-0.2, -0.15) is 13.2 Å². The van der Waals surface area contributed by atoms with Crippen molar-refractivity contribution in [2.24, 2.45) is 11.8 Å². The van der Waals surface area contributed by atoms with Crippen molar-refractivity contribution in [2.75, 3.05) is 32.7 Å². The second-order valence-corrected chi connectivity index (χ2v) is 5.52. The fourth-order valence-corrected chi connectivity index (χ4v) is 3.19. The van der Waals surface area contributed by atoms with Crippen LogP contribution in [0.25, 0.3) is 0 Å². The van der Waals surface area contributed by atoms with E-state index in [2.05, 4.69) is 0 Å². The largest absolute Gasteiger partial charge is 0.459 e. The highest BCUT2D eigenvalue weighted by molar-refractivity contribution is 5.91. The zero-order valence-corrected chi connectivity index (χ0v) is 10.8. The third-order valence-electron chi connectivity index (χ3n) is 3.98. The summed E-state index contributed by atoms with van der Waals surface area (Å²) in [7, 11) is 0. The molecular formula is C13H15F3N2O2. The zero-order chi connectivity index (χ0) is 14.3. The predicted octanol–water partition coefficient (Wildman–Crippen LogP) is 1.85. The van der Waals surface area contributed by atoms with E-state index in [0.717, 1.165) is 0 Å². The summed E-state index contributed by atoms with van der Waals surface area (Å²) in [5, 5.41) is 0. The van der Waals surface area contributed by atoms with Gasteiger partial charge >= 0.3 is 6.18 Å². The maximum Gasteiger partial charge on any atom is 0.401 e. The number of hydrogen-bond acceptors (Lipinski definition) is 3. The zero-order valence-electron chi connectivity index (χ0n) is 10.8. The van der Waals surface area contributed by atoms with E-state index in [9.17, 15) is 18.0 Å². The average Bonchev–Trinajstić information content (AvgIpc) is 2.98. The predicted molar refractivity (Wildman–Crippen MR) is 64.1 cm³/mol. The summed E-state index contributed by atoms with van der Waals surface area (Å²) in [6.07, 6.45) is -2.71. The standard InChI is InChI=1S/C13H15F3N2O2/c14-13(15,16)8-17-4-9-6-18(7-10(9)5-17)12(19)11-2-1-3-20-11/h1-3,9-10H,4-8H2. The van der Waals surface area contributed by atoms with Crippen LogP contribution in [-0.4, -0.2) is 54.6 Å². The Balaban J connectivity index is 1.57. The van der Waals surface area contributed by atoms with Crippen LogP contribution in [0, 0.1) is 11.8 Å². The molecule has 110 valence electrons. The van der Waals surface area contributed by atoms with Gasteiger partial charge in [0.2, 0.25) is 0 Å². The number of carbonyl (C=O) groups is 1. The number of fused-ring (bicyclic) bond motifs is 1. The highest BCUT2D eigenvalue weighted by atomic mass is 19.4. The second-order valence-electron chi connectivity index (χ2n) is 5.52. The molecule has 7 heteroatoms. The van der Waals surface area contributed by atoms with Gasteiger partial charge in [-0.1, -0.05) is 0 Å². The van der Waals surface area contributed by atoms with E-state index >= 15 is 0 Å². The normalized spacial score (nSPS) is 27.1. The first-order valence-corrected chi connectivity index (χ1v) is 6.54. The molecule has 2 aliphatic rings. The van der Waals surface area contributed by atoms with E-state index in [4.69, 9.17) is 4.42 Å². The highest BCUT2D eigenvalue weighted by Gasteiger charge is 2.44. The first-order chi connectivity index (χ1) is 9.42. The van der Waals surface area contributed by atoms with E-state index in [1.165, 1.54) is 11.2 Å². The Bertz CT molecular complexity index is 472. The van der Waals surface area contributed by atoms with E-state index in [1.54, 1.807) is 17.0 Å². The average molecular weight is 288 g/mol. The van der Waals surface area contributed by atoms with Crippen LogP contribution in [0.15, 0.2) is 22.8 Å². The van der Waals surface area contributed by atoms with E-state index in [-0.39, 0.29) is 23.5 Å². The van der Waals surface area contributed by atoms with Gasteiger partial charge in [-0.05, 0) is 24.0 Å². The molecule has 2 fully saturated rings. The van der Waals surface area contributed by atoms with Gasteiger partial charge in [0.1, 0.15) is 0 Å². The molecule has 0 saturated carbocycles. The van der Waals surface area contributed by atoms with Crippen molar-refractivity contribution in [1.82, 2.24) is 9.80 Å². The molecule has 0 radical (unpaired) electrons. The van der Waals surface area contributed by atoms with Crippen molar-refractivity contribution in [1.29, 1.82) is 0 Å². The quantitative estimate of drug-likeness (QED) is 0.833. The molecule has 3 rings (SSSR count). The third-order valence-corrected chi connectivity index (χ3v) is 3.98. The number of likely N-dealkylation sites (tertiary alicyclic amines) is 2. The highest BCUT2D eigenvalue weighted by Crippen LogP contribution is 2.33. The summed E-state index contributed by atoms with van der Waals surface area (Å²) in [6.45, 7) is 0.988. The van der Waals surface area contributed by atoms with Gasteiger partial charge in [-0.3, -0.25) is 9.69 Å². The summed E-state index contributed by atoms with van der Waals surface area (Å²) in [5.74, 6) is 0.386. The number of carbonyl (C=O) groups excluding carboxylic acids is 1. The van der Waals surface area contributed by atoms with Crippen LogP contribution >= 0.6 is 0 Å². The first-order valence-electron chi connectivity index (χ1n) is 6.54. The van der Waals surface area contributed by atoms with Crippen LogP contribution in [0.2, 0.25) is 0 Å². The van der Waals surface area contributed by atoms with Crippen LogP contribution < -0.4 is 0 Å². The van der Waals surface area contributed by atoms with Crippen molar-refractivity contribution in [2.45, 2.75) is 6.18 Å². The fourth-order valence-electron chi connectivity index (χ4n) is 3.19. The smallest absolute Gasteiger partial charge is 0.401 e. The summed E-state index contributed by atoms with van der Waals surface area (Å²) >= 11 is 0. The summed E-state index contributed by atoms with van der Waals surface area (Å²) in [5.41, 5.74) is 0. The SMILES string of the molecule is O=C(c1ccco1)N1CC2CN(CC(F)(F)F)CC2C1. The molecular weight excluding hydrogens is 273 g/mol. The first kappa shape index (κ1) is 13.5. The van der Waals surface area contributed by atoms with Crippen LogP contribution in [0.5, 0.6) is 0 Å². The Morgan fingerprint density at radius 3 is 2.40 bits per heavy atom. The Morgan fingerprint density at radius 1 is 1.25 bits per heavy atom. The summed E-state index contributed by atoms with van der Waals surface area (Å²) in [4.78, 5) is 15.2. The number of halogens is 3. The van der Waals surface area contributed by atoms with Crippen LogP contribution in [-0.2, 0) is 0 Å². The molecule has 0 bridgehead atoms. The molecule has 0 N–H and O–H groups in total. The molecule has 0 aromatic carbocycles. The maximum absolute atomic E-state index is 12.4. The topological polar surface area (TPSA) is 36.7 Å². The maximum atomic E-state index is 12.4. The number of nitrogens with zero attached hydrogens (tertiary/aromatic N) is 2. The minimum Gasteiger partial charge on any atom is -0.459 e. The Labute approximate surface area is 114 Å². The lowest BCUT2D eigenvalue weighted by atomic mass is 10.0. The van der Waals surface area contributed by atoms with Gasteiger partial charge in [0.15, 0.2) is 5.76 Å². The Morgan fingerprint density at radius 2 is 1.90 bits per heavy atom. The molecule has 3 heterocycles. The Kier molecular flexibility index (Phi) is 3.24. The van der Waals surface area contributed by atoms with Crippen molar-refractivity contribution >= 4 is 5.91 Å². The number of amides is 1. The number of hydrogen-bond donors (Lipinski definition) is 0. The van der Waals surface area contributed by atoms with E-state index in [0.29, 0.717) is 26.2 Å². The second kappa shape index (κ2) is 4.80. The van der Waals surface area contributed by atoms with E-state index in [1.807, 2.05) is 0 Å². The minimum absolute atomic E-state index is 0.135. The lowest BCUT2D eigenvalue weighted by Gasteiger charge is -2.21. The van der Waals surface area contributed by atoms with Gasteiger partial charge in [0.05, 0.1) is 12.8 Å². The van der Waals surface area contributed by atoms with Crippen molar-refractivity contribution < 1.29 is 22.4 Å². The Hall–Kier alpha value is -1.50. The number of alkyl halides is 3. The molecule has 2 saturated heterocycles. The number of furan rings is 1. The molecule has 1 amide bonds. The minimum atomic E-state index is -4.15. The molecule has 0 spiro atoms. The summed E-state index contributed by atoms with van der Waals surface area (Å²) < 4.78 is 42.1. The molecule has 2 unspecified atom stereocenters. The molecule has 4 nitrogen and oxygen atoms in total. The molecule has 2 aliphatic heterocycles. The van der Waals surface area contributed by atoms with Crippen LogP contribution in [0.4, 0.5) is 13.2 Å². The van der Waals surface area contributed by atoms with Crippen molar-refractivity contribution in [3.63, 3.8) is 0 Å². The molecule has 1 aromatic rings. The van der Waals surface area contributed by atoms with Crippen LogP contribution in [0.1, 0.15) is 10.6 Å². The lowest BCUT2D eigenvalue weighted by molar-refractivity contribution is -0.144. The van der Waals surface area contributed by atoms with Gasteiger partial charge in [0.25, 0.3) is 5.91 Å². The molecule has 20 heavy (non-hydrogen) atoms. The van der Waals surface area contributed by atoms with E-state index < -0.39 is 12.7 Å². The van der Waals surface area contributed by atoms with Gasteiger partial charge < -0.3 is 9.32 Å².